The van der Waals surface area contributed by atoms with Crippen molar-refractivity contribution >= 4 is 17.4 Å². The quantitative estimate of drug-likeness (QED) is 0.840. The Morgan fingerprint density at radius 1 is 1.41 bits per heavy atom. The molecule has 0 bridgehead atoms. The van der Waals surface area contributed by atoms with E-state index in [0.29, 0.717) is 13.1 Å². The predicted molar refractivity (Wildman–Crippen MR) is 86.7 cm³/mol. The van der Waals surface area contributed by atoms with Gasteiger partial charge in [-0.3, -0.25) is 4.68 Å². The number of rotatable bonds is 6. The maximum Gasteiger partial charge on any atom is 0.315 e. The van der Waals surface area contributed by atoms with Crippen LogP contribution < -0.4 is 10.6 Å². The topological polar surface area (TPSA) is 75.1 Å². The minimum absolute atomic E-state index is 0.0881. The molecule has 2 aromatic rings. The number of nitrogens with zero attached hydrogens (tertiary/aromatic N) is 4. The Balaban J connectivity index is 1.82. The lowest BCUT2D eigenvalue weighted by Gasteiger charge is -2.23. The van der Waals surface area contributed by atoms with Gasteiger partial charge in [0.1, 0.15) is 0 Å². The van der Waals surface area contributed by atoms with Crippen LogP contribution in [0.3, 0.4) is 0 Å². The highest BCUT2D eigenvalue weighted by atomic mass is 32.1. The van der Waals surface area contributed by atoms with Crippen molar-refractivity contribution in [2.24, 2.45) is 7.05 Å². The fourth-order valence-electron chi connectivity index (χ4n) is 2.12. The van der Waals surface area contributed by atoms with Crippen LogP contribution in [0, 0.1) is 6.92 Å². The van der Waals surface area contributed by atoms with Crippen molar-refractivity contribution in [3.8, 4) is 0 Å². The van der Waals surface area contributed by atoms with E-state index in [4.69, 9.17) is 0 Å². The number of thiazole rings is 1. The summed E-state index contributed by atoms with van der Waals surface area (Å²) in [5.41, 5.74) is 1.07. The van der Waals surface area contributed by atoms with E-state index >= 15 is 0 Å². The fourth-order valence-corrected chi connectivity index (χ4v) is 2.85. The Morgan fingerprint density at radius 3 is 2.73 bits per heavy atom. The van der Waals surface area contributed by atoms with Crippen LogP contribution in [0.25, 0.3) is 0 Å². The summed E-state index contributed by atoms with van der Waals surface area (Å²) in [4.78, 5) is 19.2. The molecule has 0 spiro atoms. The number of carbonyl (C=O) groups excluding carboxylic acids is 1. The van der Waals surface area contributed by atoms with Gasteiger partial charge in [0.25, 0.3) is 0 Å². The van der Waals surface area contributed by atoms with Crippen molar-refractivity contribution in [2.45, 2.75) is 19.5 Å². The van der Waals surface area contributed by atoms with Crippen molar-refractivity contribution in [1.82, 2.24) is 30.3 Å². The Labute approximate surface area is 134 Å². The molecule has 0 aromatic carbocycles. The van der Waals surface area contributed by atoms with Crippen molar-refractivity contribution in [2.75, 3.05) is 20.6 Å². The molecule has 0 aliphatic rings. The van der Waals surface area contributed by atoms with Crippen LogP contribution in [-0.2, 0) is 13.6 Å². The first-order valence-electron chi connectivity index (χ1n) is 7.03. The molecule has 2 N–H and O–H groups in total. The molecule has 1 atom stereocenters. The highest BCUT2D eigenvalue weighted by Gasteiger charge is 2.16. The monoisotopic (exact) mass is 322 g/mol. The summed E-state index contributed by atoms with van der Waals surface area (Å²) in [5.74, 6) is 0. The number of aryl methyl sites for hydroxylation is 2. The van der Waals surface area contributed by atoms with E-state index in [1.54, 1.807) is 22.2 Å². The lowest BCUT2D eigenvalue weighted by atomic mass is 10.1. The third-order valence-corrected chi connectivity index (χ3v) is 4.19. The molecule has 2 heterocycles. The zero-order chi connectivity index (χ0) is 16.1. The standard InChI is InChI=1S/C14H22N6OS/c1-10-15-6-12(22-10)7-16-14(21)17-8-13(19(2)3)11-5-18-20(4)9-11/h5-6,9,13H,7-8H2,1-4H3,(H2,16,17,21)/t13-/m1/s1. The van der Waals surface area contributed by atoms with E-state index in [9.17, 15) is 4.79 Å². The van der Waals surface area contributed by atoms with E-state index in [1.165, 1.54) is 0 Å². The average Bonchev–Trinajstić information content (AvgIpc) is 3.05. The van der Waals surface area contributed by atoms with Gasteiger partial charge < -0.3 is 15.5 Å². The van der Waals surface area contributed by atoms with Gasteiger partial charge in [0.15, 0.2) is 0 Å². The third-order valence-electron chi connectivity index (χ3n) is 3.28. The van der Waals surface area contributed by atoms with Gasteiger partial charge in [-0.1, -0.05) is 0 Å². The number of aromatic nitrogens is 3. The lowest BCUT2D eigenvalue weighted by molar-refractivity contribution is 0.232. The Morgan fingerprint density at radius 2 is 2.18 bits per heavy atom. The number of hydrogen-bond acceptors (Lipinski definition) is 5. The van der Waals surface area contributed by atoms with Crippen LogP contribution in [0.5, 0.6) is 0 Å². The molecule has 22 heavy (non-hydrogen) atoms. The summed E-state index contributed by atoms with van der Waals surface area (Å²) in [5, 5.41) is 10.9. The van der Waals surface area contributed by atoms with Crippen LogP contribution in [0.4, 0.5) is 4.79 Å². The fraction of sp³-hybridized carbons (Fsp3) is 0.500. The lowest BCUT2D eigenvalue weighted by Crippen LogP contribution is -2.40. The molecule has 0 saturated heterocycles. The maximum absolute atomic E-state index is 11.9. The van der Waals surface area contributed by atoms with Crippen molar-refractivity contribution in [1.29, 1.82) is 0 Å². The minimum atomic E-state index is -0.179. The van der Waals surface area contributed by atoms with Crippen LogP contribution in [-0.4, -0.2) is 46.3 Å². The highest BCUT2D eigenvalue weighted by molar-refractivity contribution is 7.11. The summed E-state index contributed by atoms with van der Waals surface area (Å²) in [6.07, 6.45) is 5.58. The van der Waals surface area contributed by atoms with Gasteiger partial charge >= 0.3 is 6.03 Å². The third kappa shape index (κ3) is 4.54. The zero-order valence-corrected chi connectivity index (χ0v) is 14.1. The number of hydrogen-bond donors (Lipinski definition) is 2. The summed E-state index contributed by atoms with van der Waals surface area (Å²) in [6, 6.07) is -0.0908. The molecule has 2 rings (SSSR count). The van der Waals surface area contributed by atoms with Crippen molar-refractivity contribution in [3.63, 3.8) is 0 Å². The SMILES string of the molecule is Cc1ncc(CNC(=O)NC[C@H](c2cnn(C)c2)N(C)C)s1. The second-order valence-electron chi connectivity index (χ2n) is 5.34. The summed E-state index contributed by atoms with van der Waals surface area (Å²) >= 11 is 1.59. The van der Waals surface area contributed by atoms with E-state index in [1.807, 2.05) is 40.5 Å². The molecular weight excluding hydrogens is 300 g/mol. The van der Waals surface area contributed by atoms with Crippen molar-refractivity contribution in [3.05, 3.63) is 34.0 Å². The molecule has 0 saturated carbocycles. The summed E-state index contributed by atoms with van der Waals surface area (Å²) in [7, 11) is 5.85. The number of carbonyl (C=O) groups is 1. The second-order valence-corrected chi connectivity index (χ2v) is 6.66. The van der Waals surface area contributed by atoms with Crippen LogP contribution in [0.2, 0.25) is 0 Å². The highest BCUT2D eigenvalue weighted by Crippen LogP contribution is 2.16. The number of likely N-dealkylation sites (N-methyl/N-ethyl adjacent to an activating group) is 1. The second kappa shape index (κ2) is 7.37. The number of urea groups is 1. The summed E-state index contributed by atoms with van der Waals surface area (Å²) < 4.78 is 1.76. The Hall–Kier alpha value is -1.93. The first kappa shape index (κ1) is 16.4. The Kier molecular flexibility index (Phi) is 5.51. The van der Waals surface area contributed by atoms with Crippen LogP contribution in [0.1, 0.15) is 21.5 Å². The molecule has 7 nitrogen and oxygen atoms in total. The maximum atomic E-state index is 11.9. The number of amides is 2. The van der Waals surface area contributed by atoms with Crippen LogP contribution in [0.15, 0.2) is 18.6 Å². The smallest absolute Gasteiger partial charge is 0.315 e. The average molecular weight is 322 g/mol. The van der Waals surface area contributed by atoms with E-state index in [-0.39, 0.29) is 12.1 Å². The van der Waals surface area contributed by atoms with Crippen LogP contribution >= 0.6 is 11.3 Å². The molecule has 8 heteroatoms. The molecule has 120 valence electrons. The van der Waals surface area contributed by atoms with Gasteiger partial charge in [-0.15, -0.1) is 11.3 Å². The van der Waals surface area contributed by atoms with Gasteiger partial charge in [0, 0.05) is 36.4 Å². The van der Waals surface area contributed by atoms with Gasteiger partial charge in [0.2, 0.25) is 0 Å². The molecule has 2 amide bonds. The minimum Gasteiger partial charge on any atom is -0.336 e. The molecule has 0 radical (unpaired) electrons. The largest absolute Gasteiger partial charge is 0.336 e. The van der Waals surface area contributed by atoms with Gasteiger partial charge in [-0.2, -0.15) is 5.10 Å². The van der Waals surface area contributed by atoms with Crippen molar-refractivity contribution < 1.29 is 4.79 Å². The molecule has 0 fully saturated rings. The van der Waals surface area contributed by atoms with E-state index in [0.717, 1.165) is 15.4 Å². The molecular formula is C14H22N6OS. The van der Waals surface area contributed by atoms with Gasteiger partial charge in [-0.05, 0) is 21.0 Å². The Bertz CT molecular complexity index is 620. The van der Waals surface area contributed by atoms with E-state index < -0.39 is 0 Å². The van der Waals surface area contributed by atoms with Gasteiger partial charge in [-0.25, -0.2) is 9.78 Å². The normalized spacial score (nSPS) is 12.4. The van der Waals surface area contributed by atoms with Gasteiger partial charge in [0.05, 0.1) is 23.8 Å². The zero-order valence-electron chi connectivity index (χ0n) is 13.3. The molecule has 0 aliphatic carbocycles. The number of nitrogens with one attached hydrogen (secondary N) is 2. The first-order chi connectivity index (χ1) is 10.5. The molecule has 2 aromatic heterocycles. The first-order valence-corrected chi connectivity index (χ1v) is 7.85. The molecule has 0 unspecified atom stereocenters. The predicted octanol–water partition coefficient (Wildman–Crippen LogP) is 1.29. The molecule has 0 aliphatic heterocycles. The summed E-state index contributed by atoms with van der Waals surface area (Å²) in [6.45, 7) is 2.97. The van der Waals surface area contributed by atoms with E-state index in [2.05, 4.69) is 25.6 Å².